The fourth-order valence-electron chi connectivity index (χ4n) is 2.46. The number of nitrogens with zero attached hydrogens (tertiary/aromatic N) is 1. The maximum Gasteiger partial charge on any atom is 0.410 e. The molecule has 0 radical (unpaired) electrons. The average molecular weight is 256 g/mol. The summed E-state index contributed by atoms with van der Waals surface area (Å²) in [6, 6.07) is 0.279. The van der Waals surface area contributed by atoms with E-state index in [1.54, 1.807) is 0 Å². The van der Waals surface area contributed by atoms with Gasteiger partial charge >= 0.3 is 6.09 Å². The summed E-state index contributed by atoms with van der Waals surface area (Å²) < 4.78 is 5.48. The summed E-state index contributed by atoms with van der Waals surface area (Å²) >= 11 is 0. The Morgan fingerprint density at radius 1 is 1.44 bits per heavy atom. The van der Waals surface area contributed by atoms with Crippen LogP contribution >= 0.6 is 0 Å². The van der Waals surface area contributed by atoms with E-state index in [0.29, 0.717) is 6.54 Å². The summed E-state index contributed by atoms with van der Waals surface area (Å²) in [5.74, 6) is 0. The molecule has 0 aromatic carbocycles. The number of carbonyl (C=O) groups is 1. The number of piperidine rings is 1. The summed E-state index contributed by atoms with van der Waals surface area (Å²) in [6.45, 7) is 13.8. The molecule has 1 aliphatic rings. The first-order valence-corrected chi connectivity index (χ1v) is 6.89. The van der Waals surface area contributed by atoms with E-state index in [0.717, 1.165) is 19.4 Å². The monoisotopic (exact) mass is 256 g/mol. The van der Waals surface area contributed by atoms with Crippen LogP contribution < -0.4 is 5.32 Å². The van der Waals surface area contributed by atoms with Crippen LogP contribution in [0.1, 0.15) is 54.4 Å². The molecule has 18 heavy (non-hydrogen) atoms. The van der Waals surface area contributed by atoms with Crippen LogP contribution in [0, 0.1) is 0 Å². The molecule has 1 amide bonds. The molecule has 1 fully saturated rings. The molecular formula is C14H28N2O2. The Labute approximate surface area is 111 Å². The third kappa shape index (κ3) is 4.48. The number of ether oxygens (including phenoxy) is 1. The number of hydrogen-bond acceptors (Lipinski definition) is 3. The van der Waals surface area contributed by atoms with E-state index >= 15 is 0 Å². The predicted molar refractivity (Wildman–Crippen MR) is 73.7 cm³/mol. The second-order valence-electron chi connectivity index (χ2n) is 6.72. The number of amides is 1. The molecule has 1 N–H and O–H groups in total. The molecular weight excluding hydrogens is 228 g/mol. The summed E-state index contributed by atoms with van der Waals surface area (Å²) in [5, 5.41) is 3.48. The summed E-state index contributed by atoms with van der Waals surface area (Å²) in [6.07, 6.45) is 1.78. The first-order chi connectivity index (χ1) is 8.14. The van der Waals surface area contributed by atoms with E-state index in [1.165, 1.54) is 0 Å². The van der Waals surface area contributed by atoms with Gasteiger partial charge in [-0.05, 0) is 60.9 Å². The van der Waals surface area contributed by atoms with E-state index in [4.69, 9.17) is 4.74 Å². The molecule has 0 bridgehead atoms. The Hall–Kier alpha value is -0.770. The topological polar surface area (TPSA) is 41.6 Å². The molecule has 0 aromatic heterocycles. The van der Waals surface area contributed by atoms with Crippen LogP contribution in [0.2, 0.25) is 0 Å². The highest BCUT2D eigenvalue weighted by molar-refractivity contribution is 5.68. The molecule has 0 aliphatic carbocycles. The van der Waals surface area contributed by atoms with Crippen LogP contribution in [0.5, 0.6) is 0 Å². The maximum absolute atomic E-state index is 12.2. The Balaban J connectivity index is 2.68. The summed E-state index contributed by atoms with van der Waals surface area (Å²) in [5.41, 5.74) is -0.328. The Morgan fingerprint density at radius 3 is 2.50 bits per heavy atom. The van der Waals surface area contributed by atoms with Gasteiger partial charge in [0.1, 0.15) is 5.60 Å². The number of hydrogen-bond donors (Lipinski definition) is 1. The minimum absolute atomic E-state index is 0.0956. The highest BCUT2D eigenvalue weighted by Crippen LogP contribution is 2.24. The van der Waals surface area contributed by atoms with Crippen LogP contribution in [0.15, 0.2) is 0 Å². The zero-order chi connectivity index (χ0) is 14.0. The van der Waals surface area contributed by atoms with Crippen LogP contribution in [0.25, 0.3) is 0 Å². The minimum atomic E-state index is -0.424. The second kappa shape index (κ2) is 5.47. The van der Waals surface area contributed by atoms with E-state index in [1.807, 2.05) is 32.6 Å². The number of carbonyl (C=O) groups excluding carboxylic acids is 1. The van der Waals surface area contributed by atoms with Crippen molar-refractivity contribution in [3.05, 3.63) is 0 Å². The van der Waals surface area contributed by atoms with Gasteiger partial charge in [0.25, 0.3) is 0 Å². The Bertz CT molecular complexity index is 295. The average Bonchev–Trinajstić information content (AvgIpc) is 2.13. The highest BCUT2D eigenvalue weighted by Gasteiger charge is 2.34. The zero-order valence-electron chi connectivity index (χ0n) is 12.7. The first kappa shape index (κ1) is 15.3. The van der Waals surface area contributed by atoms with Gasteiger partial charge in [0, 0.05) is 18.1 Å². The van der Waals surface area contributed by atoms with Crippen molar-refractivity contribution in [3.8, 4) is 0 Å². The quantitative estimate of drug-likeness (QED) is 0.826. The molecule has 1 rings (SSSR count). The lowest BCUT2D eigenvalue weighted by atomic mass is 9.88. The molecule has 0 aromatic rings. The molecule has 1 saturated heterocycles. The van der Waals surface area contributed by atoms with Crippen molar-refractivity contribution in [2.75, 3.05) is 13.1 Å². The van der Waals surface area contributed by atoms with Crippen LogP contribution in [0.4, 0.5) is 4.79 Å². The van der Waals surface area contributed by atoms with E-state index in [2.05, 4.69) is 19.2 Å². The van der Waals surface area contributed by atoms with Crippen molar-refractivity contribution in [1.82, 2.24) is 10.2 Å². The third-order valence-electron chi connectivity index (χ3n) is 3.24. The molecule has 1 aliphatic heterocycles. The van der Waals surface area contributed by atoms with Gasteiger partial charge in [0.15, 0.2) is 0 Å². The molecule has 0 spiro atoms. The van der Waals surface area contributed by atoms with Gasteiger partial charge in [0.05, 0.1) is 0 Å². The van der Waals surface area contributed by atoms with Crippen molar-refractivity contribution in [1.29, 1.82) is 0 Å². The highest BCUT2D eigenvalue weighted by atomic mass is 16.6. The summed E-state index contributed by atoms with van der Waals surface area (Å²) in [7, 11) is 0. The molecule has 1 unspecified atom stereocenters. The van der Waals surface area contributed by atoms with Crippen molar-refractivity contribution < 1.29 is 9.53 Å². The van der Waals surface area contributed by atoms with Gasteiger partial charge in [-0.3, -0.25) is 0 Å². The number of nitrogens with one attached hydrogen (secondary N) is 1. The summed E-state index contributed by atoms with van der Waals surface area (Å²) in [4.78, 5) is 14.1. The lowest BCUT2D eigenvalue weighted by molar-refractivity contribution is 0.0101. The molecule has 1 atom stereocenters. The predicted octanol–water partition coefficient (Wildman–Crippen LogP) is 2.77. The van der Waals surface area contributed by atoms with Crippen LogP contribution in [-0.4, -0.2) is 41.3 Å². The fraction of sp³-hybridized carbons (Fsp3) is 0.929. The Kier molecular flexibility index (Phi) is 4.65. The lowest BCUT2D eigenvalue weighted by Gasteiger charge is -2.41. The van der Waals surface area contributed by atoms with Gasteiger partial charge in [-0.1, -0.05) is 0 Å². The van der Waals surface area contributed by atoms with Gasteiger partial charge < -0.3 is 15.0 Å². The van der Waals surface area contributed by atoms with Crippen molar-refractivity contribution in [2.24, 2.45) is 0 Å². The molecule has 4 nitrogen and oxygen atoms in total. The van der Waals surface area contributed by atoms with E-state index in [9.17, 15) is 4.79 Å². The molecule has 4 heteroatoms. The maximum atomic E-state index is 12.2. The normalized spacial score (nSPS) is 23.6. The zero-order valence-corrected chi connectivity index (χ0v) is 12.7. The standard InChI is InChI=1S/C14H28N2O2/c1-7-16(12(17)18-13(2,3)4)11-8-9-15-14(5,6)10-11/h11,15H,7-10H2,1-6H3. The van der Waals surface area contributed by atoms with E-state index in [-0.39, 0.29) is 17.7 Å². The van der Waals surface area contributed by atoms with Crippen LogP contribution in [-0.2, 0) is 4.74 Å². The van der Waals surface area contributed by atoms with Crippen molar-refractivity contribution in [3.63, 3.8) is 0 Å². The van der Waals surface area contributed by atoms with Gasteiger partial charge in [-0.25, -0.2) is 4.79 Å². The third-order valence-corrected chi connectivity index (χ3v) is 3.24. The molecule has 106 valence electrons. The minimum Gasteiger partial charge on any atom is -0.444 e. The lowest BCUT2D eigenvalue weighted by Crippen LogP contribution is -2.55. The van der Waals surface area contributed by atoms with Crippen molar-refractivity contribution >= 4 is 6.09 Å². The van der Waals surface area contributed by atoms with Gasteiger partial charge in [-0.2, -0.15) is 0 Å². The fourth-order valence-corrected chi connectivity index (χ4v) is 2.46. The molecule has 0 saturated carbocycles. The second-order valence-corrected chi connectivity index (χ2v) is 6.72. The van der Waals surface area contributed by atoms with E-state index < -0.39 is 5.60 Å². The SMILES string of the molecule is CCN(C(=O)OC(C)(C)C)C1CCNC(C)(C)C1. The first-order valence-electron chi connectivity index (χ1n) is 6.89. The van der Waals surface area contributed by atoms with Crippen LogP contribution in [0.3, 0.4) is 0 Å². The Morgan fingerprint density at radius 2 is 2.06 bits per heavy atom. The smallest absolute Gasteiger partial charge is 0.410 e. The van der Waals surface area contributed by atoms with Crippen molar-refractivity contribution in [2.45, 2.75) is 71.6 Å². The van der Waals surface area contributed by atoms with Gasteiger partial charge in [0.2, 0.25) is 0 Å². The number of rotatable bonds is 2. The largest absolute Gasteiger partial charge is 0.444 e. The molecule has 1 heterocycles. The van der Waals surface area contributed by atoms with Gasteiger partial charge in [-0.15, -0.1) is 0 Å².